The van der Waals surface area contributed by atoms with Crippen LogP contribution in [0.1, 0.15) is 52.0 Å². The van der Waals surface area contributed by atoms with Gasteiger partial charge in [-0.3, -0.25) is 9.79 Å². The van der Waals surface area contributed by atoms with Crippen LogP contribution in [0.15, 0.2) is 29.3 Å². The first-order chi connectivity index (χ1) is 11.3. The van der Waals surface area contributed by atoms with E-state index < -0.39 is 0 Å². The van der Waals surface area contributed by atoms with Crippen molar-refractivity contribution in [3.8, 4) is 0 Å². The van der Waals surface area contributed by atoms with Crippen molar-refractivity contribution in [2.75, 3.05) is 11.9 Å². The predicted octanol–water partition coefficient (Wildman–Crippen LogP) is 3.00. The highest BCUT2D eigenvalue weighted by molar-refractivity contribution is 5.92. The average molecular weight is 330 g/mol. The van der Waals surface area contributed by atoms with E-state index in [1.54, 1.807) is 0 Å². The summed E-state index contributed by atoms with van der Waals surface area (Å²) < 4.78 is 0. The topological polar surface area (TPSA) is 93.5 Å². The molecule has 1 saturated carbocycles. The van der Waals surface area contributed by atoms with Crippen molar-refractivity contribution in [3.63, 3.8) is 0 Å². The second kappa shape index (κ2) is 7.69. The number of nitrogens with two attached hydrogens (primary N) is 2. The van der Waals surface area contributed by atoms with E-state index in [0.29, 0.717) is 12.5 Å². The molecule has 1 fully saturated rings. The lowest BCUT2D eigenvalue weighted by atomic mass is 9.81. The molecule has 5 nitrogen and oxygen atoms in total. The molecule has 2 rings (SSSR count). The van der Waals surface area contributed by atoms with E-state index >= 15 is 0 Å². The van der Waals surface area contributed by atoms with Crippen LogP contribution in [-0.2, 0) is 10.2 Å². The van der Waals surface area contributed by atoms with Crippen LogP contribution >= 0.6 is 0 Å². The normalized spacial score (nSPS) is 21.1. The number of rotatable bonds is 4. The molecule has 0 saturated heterocycles. The van der Waals surface area contributed by atoms with Gasteiger partial charge in [0.05, 0.1) is 0 Å². The van der Waals surface area contributed by atoms with Gasteiger partial charge in [0.15, 0.2) is 5.96 Å². The molecule has 0 aliphatic heterocycles. The molecule has 1 aromatic rings. The van der Waals surface area contributed by atoms with Crippen molar-refractivity contribution in [1.29, 1.82) is 0 Å². The second-order valence-electron chi connectivity index (χ2n) is 7.80. The summed E-state index contributed by atoms with van der Waals surface area (Å²) in [7, 11) is 0. The van der Waals surface area contributed by atoms with Crippen LogP contribution in [0.5, 0.6) is 0 Å². The summed E-state index contributed by atoms with van der Waals surface area (Å²) in [6.07, 6.45) is 3.79. The van der Waals surface area contributed by atoms with Gasteiger partial charge in [0.1, 0.15) is 0 Å². The largest absolute Gasteiger partial charge is 0.370 e. The Kier molecular flexibility index (Phi) is 5.86. The molecule has 0 bridgehead atoms. The summed E-state index contributed by atoms with van der Waals surface area (Å²) >= 11 is 0. The predicted molar refractivity (Wildman–Crippen MR) is 99.9 cm³/mol. The number of anilines is 1. The van der Waals surface area contributed by atoms with Crippen molar-refractivity contribution >= 4 is 17.6 Å². The number of hydrogen-bond acceptors (Lipinski definition) is 2. The molecule has 1 aliphatic carbocycles. The molecule has 0 aromatic heterocycles. The van der Waals surface area contributed by atoms with Crippen LogP contribution in [-0.4, -0.2) is 18.4 Å². The number of carbonyl (C=O) groups is 1. The molecule has 0 unspecified atom stereocenters. The Bertz CT molecular complexity index is 574. The van der Waals surface area contributed by atoms with Crippen LogP contribution in [0, 0.1) is 11.8 Å². The summed E-state index contributed by atoms with van der Waals surface area (Å²) in [5.74, 6) is 0.845. The minimum absolute atomic E-state index is 0.0859. The maximum absolute atomic E-state index is 12.4. The highest BCUT2D eigenvalue weighted by atomic mass is 16.1. The first-order valence-corrected chi connectivity index (χ1v) is 8.72. The number of guanidine groups is 1. The third kappa shape index (κ3) is 5.25. The number of benzene rings is 1. The van der Waals surface area contributed by atoms with Gasteiger partial charge in [-0.2, -0.15) is 0 Å². The van der Waals surface area contributed by atoms with E-state index in [-0.39, 0.29) is 23.2 Å². The molecule has 1 aliphatic rings. The van der Waals surface area contributed by atoms with Crippen LogP contribution in [0.4, 0.5) is 5.69 Å². The van der Waals surface area contributed by atoms with Gasteiger partial charge in [-0.1, -0.05) is 32.9 Å². The number of nitrogens with one attached hydrogen (secondary N) is 1. The van der Waals surface area contributed by atoms with Gasteiger partial charge >= 0.3 is 0 Å². The standard InChI is InChI=1S/C19H30N4O/c1-19(2,3)15-8-10-16(11-9-15)23-17(24)14-6-4-13(5-7-14)12-22-18(20)21/h8-11,13-14H,4-7,12H2,1-3H3,(H,23,24)(H4,20,21,22). The van der Waals surface area contributed by atoms with Crippen LogP contribution in [0.2, 0.25) is 0 Å². The van der Waals surface area contributed by atoms with Crippen LogP contribution in [0.3, 0.4) is 0 Å². The minimum Gasteiger partial charge on any atom is -0.370 e. The average Bonchev–Trinajstić information content (AvgIpc) is 2.53. The summed E-state index contributed by atoms with van der Waals surface area (Å²) in [6, 6.07) is 8.15. The minimum atomic E-state index is 0.0859. The smallest absolute Gasteiger partial charge is 0.227 e. The second-order valence-corrected chi connectivity index (χ2v) is 7.80. The van der Waals surface area contributed by atoms with Crippen molar-refractivity contribution in [1.82, 2.24) is 0 Å². The maximum atomic E-state index is 12.4. The fourth-order valence-corrected chi connectivity index (χ4v) is 3.14. The zero-order valence-electron chi connectivity index (χ0n) is 15.0. The summed E-state index contributed by atoms with van der Waals surface area (Å²) in [4.78, 5) is 16.5. The highest BCUT2D eigenvalue weighted by Crippen LogP contribution is 2.30. The van der Waals surface area contributed by atoms with Gasteiger partial charge in [-0.15, -0.1) is 0 Å². The molecule has 24 heavy (non-hydrogen) atoms. The van der Waals surface area contributed by atoms with E-state index in [9.17, 15) is 4.79 Å². The van der Waals surface area contributed by atoms with E-state index in [4.69, 9.17) is 11.5 Å². The Morgan fingerprint density at radius 2 is 1.71 bits per heavy atom. The monoisotopic (exact) mass is 330 g/mol. The summed E-state index contributed by atoms with van der Waals surface area (Å²) in [6.45, 7) is 7.22. The molecule has 132 valence electrons. The van der Waals surface area contributed by atoms with Gasteiger partial charge in [0.25, 0.3) is 0 Å². The lowest BCUT2D eigenvalue weighted by Gasteiger charge is -2.27. The molecular weight excluding hydrogens is 300 g/mol. The van der Waals surface area contributed by atoms with E-state index in [2.05, 4.69) is 43.2 Å². The SMILES string of the molecule is CC(C)(C)c1ccc(NC(=O)C2CCC(CN=C(N)N)CC2)cc1. The number of aliphatic imine (C=N–C) groups is 1. The summed E-state index contributed by atoms with van der Waals surface area (Å²) in [5, 5.41) is 3.05. The van der Waals surface area contributed by atoms with Gasteiger partial charge in [0, 0.05) is 18.2 Å². The fraction of sp³-hybridized carbons (Fsp3) is 0.579. The van der Waals surface area contributed by atoms with Crippen molar-refractivity contribution < 1.29 is 4.79 Å². The van der Waals surface area contributed by atoms with E-state index in [1.807, 2.05) is 12.1 Å². The molecule has 5 N–H and O–H groups in total. The lowest BCUT2D eigenvalue weighted by molar-refractivity contribution is -0.121. The van der Waals surface area contributed by atoms with Gasteiger partial charge in [0.2, 0.25) is 5.91 Å². The zero-order valence-corrected chi connectivity index (χ0v) is 15.0. The Morgan fingerprint density at radius 1 is 1.12 bits per heavy atom. The Labute approximate surface area is 144 Å². The molecule has 0 spiro atoms. The highest BCUT2D eigenvalue weighted by Gasteiger charge is 2.26. The van der Waals surface area contributed by atoms with Crippen molar-refractivity contribution in [2.45, 2.75) is 51.9 Å². The fourth-order valence-electron chi connectivity index (χ4n) is 3.14. The lowest BCUT2D eigenvalue weighted by Crippen LogP contribution is -2.29. The first-order valence-electron chi connectivity index (χ1n) is 8.72. The maximum Gasteiger partial charge on any atom is 0.227 e. The van der Waals surface area contributed by atoms with Gasteiger partial charge in [-0.25, -0.2) is 0 Å². The van der Waals surface area contributed by atoms with Crippen LogP contribution in [0.25, 0.3) is 0 Å². The Balaban J connectivity index is 1.84. The third-order valence-electron chi connectivity index (χ3n) is 4.77. The number of carbonyl (C=O) groups excluding carboxylic acids is 1. The number of hydrogen-bond donors (Lipinski definition) is 3. The number of amides is 1. The molecule has 1 amide bonds. The van der Waals surface area contributed by atoms with Gasteiger partial charge in [-0.05, 0) is 54.7 Å². The zero-order chi connectivity index (χ0) is 17.7. The molecule has 5 heteroatoms. The van der Waals surface area contributed by atoms with Crippen LogP contribution < -0.4 is 16.8 Å². The molecular formula is C19H30N4O. The van der Waals surface area contributed by atoms with Crippen molar-refractivity contribution in [2.24, 2.45) is 28.3 Å². The summed E-state index contributed by atoms with van der Waals surface area (Å²) in [5.41, 5.74) is 13.0. The van der Waals surface area contributed by atoms with Crippen molar-refractivity contribution in [3.05, 3.63) is 29.8 Å². The quantitative estimate of drug-likeness (QED) is 0.585. The number of nitrogens with zero attached hydrogens (tertiary/aromatic N) is 1. The Hall–Kier alpha value is -2.04. The third-order valence-corrected chi connectivity index (χ3v) is 4.77. The van der Waals surface area contributed by atoms with Gasteiger partial charge < -0.3 is 16.8 Å². The van der Waals surface area contributed by atoms with E-state index in [0.717, 1.165) is 31.4 Å². The molecule has 0 atom stereocenters. The van der Waals surface area contributed by atoms with E-state index in [1.165, 1.54) is 5.56 Å². The molecule has 1 aromatic carbocycles. The Morgan fingerprint density at radius 3 is 2.21 bits per heavy atom. The first kappa shape index (κ1) is 18.3. The molecule has 0 radical (unpaired) electrons. The molecule has 0 heterocycles.